The highest BCUT2D eigenvalue weighted by Gasteiger charge is 2.21. The number of aliphatic hydroxyl groups excluding tert-OH is 1. The Balaban J connectivity index is 0.000000321. The number of benzene rings is 2. The van der Waals surface area contributed by atoms with E-state index in [1.54, 1.807) is 12.2 Å². The van der Waals surface area contributed by atoms with Gasteiger partial charge in [0.25, 0.3) is 0 Å². The molecule has 0 spiro atoms. The number of aliphatic hydroxyl groups is 1. The molecule has 2 aliphatic rings. The molecule has 34 heavy (non-hydrogen) atoms. The van der Waals surface area contributed by atoms with E-state index in [0.29, 0.717) is 6.42 Å². The Labute approximate surface area is 207 Å². The zero-order chi connectivity index (χ0) is 23.1. The minimum atomic E-state index is 0. The highest BCUT2D eigenvalue weighted by molar-refractivity contribution is 5.78. The van der Waals surface area contributed by atoms with Crippen LogP contribution in [0.15, 0.2) is 36.4 Å². The first-order valence-electron chi connectivity index (χ1n) is 11.6. The minimum absolute atomic E-state index is 0. The summed E-state index contributed by atoms with van der Waals surface area (Å²) in [5, 5.41) is 26.7. The van der Waals surface area contributed by atoms with Crippen LogP contribution in [0.4, 0.5) is 0 Å². The number of nitrogens with zero attached hydrogens (tertiary/aromatic N) is 2. The van der Waals surface area contributed by atoms with Crippen molar-refractivity contribution in [3.05, 3.63) is 80.9 Å². The second kappa shape index (κ2) is 13.5. The molecule has 0 radical (unpaired) electrons. The van der Waals surface area contributed by atoms with Gasteiger partial charge in [-0.05, 0) is 108 Å². The third-order valence-electron chi connectivity index (χ3n) is 6.58. The summed E-state index contributed by atoms with van der Waals surface area (Å²) in [6, 6.07) is 13.0. The van der Waals surface area contributed by atoms with Gasteiger partial charge in [0, 0.05) is 18.8 Å². The van der Waals surface area contributed by atoms with Crippen LogP contribution in [0.2, 0.25) is 0 Å². The normalized spacial score (nSPS) is 15.2. The molecule has 0 atom stereocenters. The van der Waals surface area contributed by atoms with Gasteiger partial charge in [-0.3, -0.25) is 0 Å². The molecule has 0 amide bonds. The molecule has 3 nitrogen and oxygen atoms in total. The van der Waals surface area contributed by atoms with Gasteiger partial charge in [-0.25, -0.2) is 0 Å². The van der Waals surface area contributed by atoms with Crippen molar-refractivity contribution in [2.45, 2.75) is 80.6 Å². The van der Waals surface area contributed by atoms with Crippen molar-refractivity contribution in [2.24, 2.45) is 0 Å². The van der Waals surface area contributed by atoms with Crippen molar-refractivity contribution in [3.8, 4) is 12.1 Å². The maximum Gasteiger partial charge on any atom is 0.0915 e. The first-order chi connectivity index (χ1) is 15.5. The summed E-state index contributed by atoms with van der Waals surface area (Å²) in [4.78, 5) is 0. The summed E-state index contributed by atoms with van der Waals surface area (Å²) in [5.74, 6) is 0. The van der Waals surface area contributed by atoms with Gasteiger partial charge in [0.05, 0.1) is 12.1 Å². The molecule has 0 heterocycles. The van der Waals surface area contributed by atoms with Crippen LogP contribution < -0.4 is 0 Å². The van der Waals surface area contributed by atoms with Crippen molar-refractivity contribution in [1.82, 2.24) is 0 Å². The van der Waals surface area contributed by atoms with Crippen molar-refractivity contribution in [2.75, 3.05) is 6.61 Å². The van der Waals surface area contributed by atoms with Gasteiger partial charge in [-0.1, -0.05) is 52.5 Å². The number of aryl methyl sites for hydroxylation is 4. The molecule has 0 bridgehead atoms. The number of allylic oxidation sites excluding steroid dienone is 4. The zero-order valence-corrected chi connectivity index (χ0v) is 19.5. The van der Waals surface area contributed by atoms with E-state index in [-0.39, 0.29) is 21.5 Å². The van der Waals surface area contributed by atoms with Gasteiger partial charge in [-0.2, -0.15) is 10.5 Å². The van der Waals surface area contributed by atoms with E-state index >= 15 is 0 Å². The van der Waals surface area contributed by atoms with Crippen LogP contribution in [0.5, 0.6) is 0 Å². The SMILES string of the molecule is C.C.CCCc1c(C)ccc2c1/C(=C/C#N)CC2.Cc1ccc2c(c1CCO)/C(=C/C#N)CC2. The highest BCUT2D eigenvalue weighted by Crippen LogP contribution is 2.37. The van der Waals surface area contributed by atoms with E-state index in [2.05, 4.69) is 57.2 Å². The molecule has 0 aromatic heterocycles. The first-order valence-corrected chi connectivity index (χ1v) is 11.6. The fraction of sp³-hybridized carbons (Fsp3) is 0.419. The number of rotatable bonds is 4. The molecule has 1 N–H and O–H groups in total. The van der Waals surface area contributed by atoms with E-state index < -0.39 is 0 Å². The largest absolute Gasteiger partial charge is 0.396 e. The average molecular weight is 457 g/mol. The molecule has 3 heteroatoms. The lowest BCUT2D eigenvalue weighted by Gasteiger charge is -2.12. The van der Waals surface area contributed by atoms with Crippen LogP contribution in [0, 0.1) is 36.5 Å². The monoisotopic (exact) mass is 456 g/mol. The molecular formula is C31H40N2O. The Bertz CT molecular complexity index is 1050. The van der Waals surface area contributed by atoms with Gasteiger partial charge >= 0.3 is 0 Å². The maximum atomic E-state index is 9.11. The third-order valence-corrected chi connectivity index (χ3v) is 6.58. The average Bonchev–Trinajstić information content (AvgIpc) is 3.38. The maximum absolute atomic E-state index is 9.11. The fourth-order valence-electron chi connectivity index (χ4n) is 5.06. The van der Waals surface area contributed by atoms with Crippen molar-refractivity contribution < 1.29 is 5.11 Å². The first kappa shape index (κ1) is 28.9. The lowest BCUT2D eigenvalue weighted by molar-refractivity contribution is 0.299. The minimum Gasteiger partial charge on any atom is -0.396 e. The lowest BCUT2D eigenvalue weighted by atomic mass is 9.93. The zero-order valence-electron chi connectivity index (χ0n) is 19.5. The summed E-state index contributed by atoms with van der Waals surface area (Å²) < 4.78 is 0. The molecular weight excluding hydrogens is 416 g/mol. The Morgan fingerprint density at radius 3 is 1.59 bits per heavy atom. The lowest BCUT2D eigenvalue weighted by Crippen LogP contribution is -2.00. The molecule has 0 saturated heterocycles. The second-order valence-corrected chi connectivity index (χ2v) is 8.61. The summed E-state index contributed by atoms with van der Waals surface area (Å²) in [6.45, 7) is 6.61. The van der Waals surface area contributed by atoms with E-state index in [1.807, 2.05) is 0 Å². The Morgan fingerprint density at radius 1 is 0.765 bits per heavy atom. The molecule has 0 unspecified atom stereocenters. The quantitative estimate of drug-likeness (QED) is 0.486. The van der Waals surface area contributed by atoms with Gasteiger partial charge in [-0.15, -0.1) is 0 Å². The summed E-state index contributed by atoms with van der Waals surface area (Å²) in [6.07, 6.45) is 10.4. The molecule has 0 saturated carbocycles. The van der Waals surface area contributed by atoms with E-state index in [9.17, 15) is 0 Å². The molecule has 180 valence electrons. The third kappa shape index (κ3) is 6.05. The van der Waals surface area contributed by atoms with Crippen LogP contribution in [0.1, 0.15) is 85.5 Å². The fourth-order valence-corrected chi connectivity index (χ4v) is 5.06. The molecule has 2 aromatic carbocycles. The van der Waals surface area contributed by atoms with Crippen LogP contribution in [0.3, 0.4) is 0 Å². The summed E-state index contributed by atoms with van der Waals surface area (Å²) in [5.41, 5.74) is 12.9. The summed E-state index contributed by atoms with van der Waals surface area (Å²) >= 11 is 0. The Kier molecular flexibility index (Phi) is 11.5. The number of hydrogen-bond donors (Lipinski definition) is 1. The molecule has 0 fully saturated rings. The van der Waals surface area contributed by atoms with E-state index in [1.165, 1.54) is 50.1 Å². The van der Waals surface area contributed by atoms with Crippen molar-refractivity contribution in [3.63, 3.8) is 0 Å². The predicted molar refractivity (Wildman–Crippen MR) is 144 cm³/mol. The Morgan fingerprint density at radius 2 is 1.21 bits per heavy atom. The topological polar surface area (TPSA) is 67.8 Å². The number of fused-ring (bicyclic) bond motifs is 2. The smallest absolute Gasteiger partial charge is 0.0915 e. The van der Waals surface area contributed by atoms with Crippen LogP contribution >= 0.6 is 0 Å². The molecule has 0 aliphatic heterocycles. The number of hydrogen-bond acceptors (Lipinski definition) is 3. The van der Waals surface area contributed by atoms with E-state index in [4.69, 9.17) is 15.6 Å². The predicted octanol–water partition coefficient (Wildman–Crippen LogP) is 7.46. The molecule has 2 aromatic rings. The van der Waals surface area contributed by atoms with Gasteiger partial charge in [0.2, 0.25) is 0 Å². The summed E-state index contributed by atoms with van der Waals surface area (Å²) in [7, 11) is 0. The second-order valence-electron chi connectivity index (χ2n) is 8.61. The van der Waals surface area contributed by atoms with Crippen molar-refractivity contribution in [1.29, 1.82) is 10.5 Å². The van der Waals surface area contributed by atoms with Gasteiger partial charge in [0.15, 0.2) is 0 Å². The number of nitriles is 2. The van der Waals surface area contributed by atoms with Gasteiger partial charge < -0.3 is 5.11 Å². The standard InChI is InChI=1S/C15H17N.C14H15NO.2CH4/c1-3-4-14-11(2)5-6-12-7-8-13(9-10-16)15(12)14;1-10-2-3-11-4-5-12(6-8-15)14(11)13(10)7-9-16;;/h5-6,9H,3-4,7-8H2,1-2H3;2-3,6,16H,4-5,7,9H2,1H3;2*1H4/b13-9+;12-6+;;. The van der Waals surface area contributed by atoms with Crippen LogP contribution in [0.25, 0.3) is 11.1 Å². The van der Waals surface area contributed by atoms with Crippen LogP contribution in [-0.4, -0.2) is 11.7 Å². The van der Waals surface area contributed by atoms with Crippen LogP contribution in [-0.2, 0) is 25.7 Å². The molecule has 2 aliphatic carbocycles. The molecule has 4 rings (SSSR count). The van der Waals surface area contributed by atoms with Crippen molar-refractivity contribution >= 4 is 11.1 Å². The van der Waals surface area contributed by atoms with Gasteiger partial charge in [0.1, 0.15) is 0 Å². The highest BCUT2D eigenvalue weighted by atomic mass is 16.2. The van der Waals surface area contributed by atoms with E-state index in [0.717, 1.165) is 44.1 Å². The Hall–Kier alpha value is -3.14.